The van der Waals surface area contributed by atoms with Crippen LogP contribution in [0.1, 0.15) is 50.5 Å². The maximum atomic E-state index is 12.2. The molecule has 4 rings (SSSR count). The summed E-state index contributed by atoms with van der Waals surface area (Å²) in [5.74, 6) is -0.885. The van der Waals surface area contributed by atoms with Gasteiger partial charge in [-0.2, -0.15) is 0 Å². The van der Waals surface area contributed by atoms with Crippen LogP contribution >= 0.6 is 0 Å². The van der Waals surface area contributed by atoms with E-state index in [2.05, 4.69) is 10.6 Å². The molecule has 0 radical (unpaired) electrons. The highest BCUT2D eigenvalue weighted by molar-refractivity contribution is 6.21. The summed E-state index contributed by atoms with van der Waals surface area (Å²) >= 11 is 0. The van der Waals surface area contributed by atoms with Crippen molar-refractivity contribution in [3.05, 3.63) is 35.9 Å². The lowest BCUT2D eigenvalue weighted by Crippen LogP contribution is -2.43. The maximum Gasteiger partial charge on any atom is 0.235 e. The zero-order valence-electron chi connectivity index (χ0n) is 17.6. The van der Waals surface area contributed by atoms with E-state index in [0.29, 0.717) is 23.6 Å². The predicted octanol–water partition coefficient (Wildman–Crippen LogP) is 3.27. The Morgan fingerprint density at radius 2 is 1.94 bits per heavy atom. The molecule has 1 atom stereocenters. The van der Waals surface area contributed by atoms with Gasteiger partial charge in [-0.05, 0) is 54.3 Å². The van der Waals surface area contributed by atoms with Crippen LogP contribution in [-0.2, 0) is 9.59 Å². The Morgan fingerprint density at radius 1 is 1.13 bits per heavy atom. The van der Waals surface area contributed by atoms with Crippen LogP contribution in [0.25, 0.3) is 10.8 Å². The van der Waals surface area contributed by atoms with Crippen molar-refractivity contribution in [1.82, 2.24) is 10.6 Å². The number of phenolic OH excluding ortho intramolecular Hbond substituents is 1. The maximum absolute atomic E-state index is 12.2. The molecule has 31 heavy (non-hydrogen) atoms. The molecular weight excluding hydrogens is 394 g/mol. The van der Waals surface area contributed by atoms with Crippen molar-refractivity contribution in [2.75, 3.05) is 13.2 Å². The number of hydrogen-bond donors (Lipinski definition) is 4. The minimum absolute atomic E-state index is 0.0263. The first-order valence-electron chi connectivity index (χ1n) is 11.1. The van der Waals surface area contributed by atoms with Gasteiger partial charge >= 0.3 is 0 Å². The molecule has 2 aromatic carbocycles. The second-order valence-electron chi connectivity index (χ2n) is 8.40. The summed E-state index contributed by atoms with van der Waals surface area (Å²) in [7, 11) is 0. The Labute approximate surface area is 181 Å². The number of phenols is 1. The summed E-state index contributed by atoms with van der Waals surface area (Å²) in [4.78, 5) is 23.6. The molecule has 1 aliphatic heterocycles. The fourth-order valence-corrected chi connectivity index (χ4v) is 4.55. The van der Waals surface area contributed by atoms with Crippen molar-refractivity contribution in [2.45, 2.75) is 51.0 Å². The number of fused-ring (bicyclic) bond motifs is 1. The van der Waals surface area contributed by atoms with E-state index in [1.165, 1.54) is 38.2 Å². The van der Waals surface area contributed by atoms with E-state index in [1.54, 1.807) is 6.07 Å². The molecule has 2 aromatic rings. The first-order valence-corrected chi connectivity index (χ1v) is 11.1. The summed E-state index contributed by atoms with van der Waals surface area (Å²) in [5, 5.41) is 26.3. The first-order chi connectivity index (χ1) is 15.0. The van der Waals surface area contributed by atoms with Crippen molar-refractivity contribution in [1.29, 1.82) is 5.41 Å². The third-order valence-corrected chi connectivity index (χ3v) is 6.24. The van der Waals surface area contributed by atoms with E-state index in [4.69, 9.17) is 10.1 Å². The average Bonchev–Trinajstić information content (AvgIpc) is 2.77. The highest BCUT2D eigenvalue weighted by Crippen LogP contribution is 2.33. The van der Waals surface area contributed by atoms with Gasteiger partial charge in [0.15, 0.2) is 0 Å². The Balaban J connectivity index is 1.45. The zero-order valence-corrected chi connectivity index (χ0v) is 17.6. The zero-order chi connectivity index (χ0) is 21.8. The van der Waals surface area contributed by atoms with Crippen LogP contribution in [0.3, 0.4) is 0 Å². The van der Waals surface area contributed by atoms with Crippen molar-refractivity contribution in [3.63, 3.8) is 0 Å². The number of carbonyl (C=O) groups is 2. The summed E-state index contributed by atoms with van der Waals surface area (Å²) in [6.45, 7) is 1.36. The molecule has 1 aliphatic carbocycles. The van der Waals surface area contributed by atoms with Gasteiger partial charge in [0.25, 0.3) is 0 Å². The van der Waals surface area contributed by atoms with Crippen LogP contribution in [0, 0.1) is 11.3 Å². The van der Waals surface area contributed by atoms with Crippen molar-refractivity contribution in [3.8, 4) is 11.5 Å². The molecular formula is C24H29N3O4. The lowest BCUT2D eigenvalue weighted by molar-refractivity contribution is -0.134. The number of rotatable bonds is 7. The Kier molecular flexibility index (Phi) is 6.51. The number of aromatic hydroxyl groups is 1. The SMILES string of the molecule is N=C(c1c(O)ccc2cc(OCCNC3CCCCC3)ccc12)C1CCC(=O)NC1=O. The highest BCUT2D eigenvalue weighted by Gasteiger charge is 2.32. The van der Waals surface area contributed by atoms with E-state index in [9.17, 15) is 14.7 Å². The molecule has 4 N–H and O–H groups in total. The minimum atomic E-state index is -0.754. The molecule has 2 amide bonds. The number of amides is 2. The molecule has 7 heteroatoms. The molecule has 1 heterocycles. The normalized spacial score (nSPS) is 19.9. The number of ether oxygens (including phenoxy) is 1. The Hall–Kier alpha value is -2.93. The minimum Gasteiger partial charge on any atom is -0.507 e. The predicted molar refractivity (Wildman–Crippen MR) is 119 cm³/mol. The second-order valence-corrected chi connectivity index (χ2v) is 8.40. The van der Waals surface area contributed by atoms with Crippen LogP contribution in [0.4, 0.5) is 0 Å². The third-order valence-electron chi connectivity index (χ3n) is 6.24. The van der Waals surface area contributed by atoms with E-state index in [1.807, 2.05) is 18.2 Å². The van der Waals surface area contributed by atoms with Crippen molar-refractivity contribution in [2.24, 2.45) is 5.92 Å². The van der Waals surface area contributed by atoms with Gasteiger partial charge in [0, 0.05) is 24.6 Å². The van der Waals surface area contributed by atoms with Crippen LogP contribution < -0.4 is 15.4 Å². The number of hydrogen-bond acceptors (Lipinski definition) is 6. The van der Waals surface area contributed by atoms with Crippen molar-refractivity contribution >= 4 is 28.3 Å². The Morgan fingerprint density at radius 3 is 2.71 bits per heavy atom. The van der Waals surface area contributed by atoms with Gasteiger partial charge in [-0.1, -0.05) is 25.3 Å². The third kappa shape index (κ3) is 4.88. The largest absolute Gasteiger partial charge is 0.507 e. The summed E-state index contributed by atoms with van der Waals surface area (Å²) < 4.78 is 5.90. The van der Waals surface area contributed by atoms with Gasteiger partial charge in [0.2, 0.25) is 11.8 Å². The van der Waals surface area contributed by atoms with E-state index < -0.39 is 11.8 Å². The van der Waals surface area contributed by atoms with Gasteiger partial charge in [-0.15, -0.1) is 0 Å². The van der Waals surface area contributed by atoms with Crippen LogP contribution in [-0.4, -0.2) is 41.8 Å². The van der Waals surface area contributed by atoms with E-state index in [0.717, 1.165) is 17.7 Å². The van der Waals surface area contributed by atoms with Crippen LogP contribution in [0.15, 0.2) is 30.3 Å². The monoisotopic (exact) mass is 423 g/mol. The standard InChI is InChI=1S/C24H29N3O4/c25-23(19-9-11-21(29)27-24(19)30)22-18-8-7-17(14-15(18)6-10-20(22)28)31-13-12-26-16-4-2-1-3-5-16/h6-8,10,14,16,19,25-26,28H,1-5,9,11-13H2,(H,27,29,30). The van der Waals surface area contributed by atoms with Crippen LogP contribution in [0.2, 0.25) is 0 Å². The summed E-state index contributed by atoms with van der Waals surface area (Å²) in [5.41, 5.74) is 0.357. The quantitative estimate of drug-likeness (QED) is 0.310. The van der Waals surface area contributed by atoms with Crippen molar-refractivity contribution < 1.29 is 19.4 Å². The van der Waals surface area contributed by atoms with Gasteiger partial charge in [0.05, 0.1) is 11.6 Å². The molecule has 1 unspecified atom stereocenters. The molecule has 0 spiro atoms. The number of carbonyl (C=O) groups excluding carboxylic acids is 2. The van der Waals surface area contributed by atoms with E-state index >= 15 is 0 Å². The molecule has 1 saturated carbocycles. The van der Waals surface area contributed by atoms with Gasteiger partial charge in [0.1, 0.15) is 18.1 Å². The van der Waals surface area contributed by atoms with E-state index in [-0.39, 0.29) is 30.2 Å². The molecule has 2 fully saturated rings. The fourth-order valence-electron chi connectivity index (χ4n) is 4.55. The lowest BCUT2D eigenvalue weighted by atomic mass is 9.86. The van der Waals surface area contributed by atoms with Gasteiger partial charge in [-0.3, -0.25) is 14.9 Å². The summed E-state index contributed by atoms with van der Waals surface area (Å²) in [6.07, 6.45) is 6.87. The fraction of sp³-hybridized carbons (Fsp3) is 0.458. The number of benzene rings is 2. The number of imide groups is 1. The first kappa shape index (κ1) is 21.3. The van der Waals surface area contributed by atoms with Crippen LogP contribution in [0.5, 0.6) is 11.5 Å². The molecule has 7 nitrogen and oxygen atoms in total. The molecule has 0 bridgehead atoms. The lowest BCUT2D eigenvalue weighted by Gasteiger charge is -2.23. The highest BCUT2D eigenvalue weighted by atomic mass is 16.5. The number of nitrogens with one attached hydrogen (secondary N) is 3. The molecule has 2 aliphatic rings. The smallest absolute Gasteiger partial charge is 0.235 e. The number of piperidine rings is 1. The molecule has 1 saturated heterocycles. The van der Waals surface area contributed by atoms with Gasteiger partial charge < -0.3 is 20.6 Å². The van der Waals surface area contributed by atoms with Gasteiger partial charge in [-0.25, -0.2) is 0 Å². The Bertz CT molecular complexity index is 998. The molecule has 0 aromatic heterocycles. The molecule has 164 valence electrons. The average molecular weight is 424 g/mol. The second kappa shape index (κ2) is 9.47. The topological polar surface area (TPSA) is 112 Å². The summed E-state index contributed by atoms with van der Waals surface area (Å²) in [6, 6.07) is 9.43.